The Balaban J connectivity index is 1.18. The van der Waals surface area contributed by atoms with Crippen LogP contribution in [0.2, 0.25) is 0 Å². The molecular formula is C32H29N3O3S. The number of aromatic nitrogens is 1. The number of carbonyl (C=O) groups is 1. The fourth-order valence-electron chi connectivity index (χ4n) is 4.11. The Morgan fingerprint density at radius 3 is 2.54 bits per heavy atom. The number of anilines is 1. The third-order valence-corrected chi connectivity index (χ3v) is 6.76. The average molecular weight is 536 g/mol. The van der Waals surface area contributed by atoms with Crippen LogP contribution in [0.25, 0.3) is 22.6 Å². The van der Waals surface area contributed by atoms with Crippen LogP contribution in [-0.2, 0) is 6.61 Å². The molecule has 1 atom stereocenters. The molecule has 0 saturated heterocycles. The van der Waals surface area contributed by atoms with Crippen molar-refractivity contribution in [1.29, 1.82) is 0 Å². The van der Waals surface area contributed by atoms with Gasteiger partial charge in [0.2, 0.25) is 5.89 Å². The molecule has 0 unspecified atom stereocenters. The monoisotopic (exact) mass is 535 g/mol. The molecule has 0 aliphatic rings. The summed E-state index contributed by atoms with van der Waals surface area (Å²) in [4.78, 5) is 17.4. The molecule has 0 saturated carbocycles. The van der Waals surface area contributed by atoms with Gasteiger partial charge in [-0.3, -0.25) is 10.1 Å². The maximum atomic E-state index is 12.8. The van der Waals surface area contributed by atoms with E-state index in [-0.39, 0.29) is 11.0 Å². The Labute approximate surface area is 233 Å². The standard InChI is InChI=1S/C32H29N3O3S/c1-3-21(2)24-14-17-29-28(19-24)34-31(38-29)23-12-15-26(16-13-23)33-32(39)35-30(36)25-10-7-11-27(18-25)37-20-22-8-5-4-6-9-22/h4-19,21H,3,20H2,1-2H3,(H2,33,35,36,39)/t21-/m0/s1. The first kappa shape index (κ1) is 26.1. The van der Waals surface area contributed by atoms with E-state index in [0.29, 0.717) is 29.7 Å². The zero-order valence-electron chi connectivity index (χ0n) is 21.8. The smallest absolute Gasteiger partial charge is 0.257 e. The molecule has 1 heterocycles. The predicted molar refractivity (Wildman–Crippen MR) is 159 cm³/mol. The molecule has 7 heteroatoms. The van der Waals surface area contributed by atoms with Crippen LogP contribution in [0, 0.1) is 0 Å². The number of thiocarbonyl (C=S) groups is 1. The average Bonchev–Trinajstić information content (AvgIpc) is 3.40. The molecule has 5 aromatic rings. The lowest BCUT2D eigenvalue weighted by Gasteiger charge is -2.11. The van der Waals surface area contributed by atoms with Gasteiger partial charge in [0, 0.05) is 16.8 Å². The van der Waals surface area contributed by atoms with Gasteiger partial charge in [0.25, 0.3) is 5.91 Å². The first-order chi connectivity index (χ1) is 19.0. The minimum absolute atomic E-state index is 0.197. The van der Waals surface area contributed by atoms with E-state index in [1.807, 2.05) is 66.7 Å². The van der Waals surface area contributed by atoms with E-state index in [2.05, 4.69) is 41.6 Å². The van der Waals surface area contributed by atoms with E-state index in [4.69, 9.17) is 21.4 Å². The molecule has 4 aromatic carbocycles. The minimum Gasteiger partial charge on any atom is -0.489 e. The Morgan fingerprint density at radius 1 is 0.974 bits per heavy atom. The molecule has 39 heavy (non-hydrogen) atoms. The molecule has 2 N–H and O–H groups in total. The summed E-state index contributed by atoms with van der Waals surface area (Å²) in [7, 11) is 0. The second kappa shape index (κ2) is 11.9. The Kier molecular flexibility index (Phi) is 7.99. The van der Waals surface area contributed by atoms with Crippen molar-refractivity contribution in [3.63, 3.8) is 0 Å². The van der Waals surface area contributed by atoms with Crippen molar-refractivity contribution < 1.29 is 13.9 Å². The van der Waals surface area contributed by atoms with Gasteiger partial charge in [0.1, 0.15) is 17.9 Å². The molecule has 6 nitrogen and oxygen atoms in total. The van der Waals surface area contributed by atoms with Gasteiger partial charge in [-0.25, -0.2) is 4.98 Å². The van der Waals surface area contributed by atoms with Crippen molar-refractivity contribution in [2.24, 2.45) is 0 Å². The van der Waals surface area contributed by atoms with E-state index in [9.17, 15) is 4.79 Å². The lowest BCUT2D eigenvalue weighted by molar-refractivity contribution is 0.0977. The van der Waals surface area contributed by atoms with E-state index < -0.39 is 0 Å². The number of benzene rings is 4. The molecule has 1 amide bonds. The third kappa shape index (κ3) is 6.51. The fraction of sp³-hybridized carbons (Fsp3) is 0.156. The van der Waals surface area contributed by atoms with Gasteiger partial charge < -0.3 is 14.5 Å². The number of amides is 1. The van der Waals surface area contributed by atoms with E-state index in [1.165, 1.54) is 5.56 Å². The zero-order chi connectivity index (χ0) is 27.2. The van der Waals surface area contributed by atoms with Crippen LogP contribution in [0.1, 0.15) is 47.7 Å². The van der Waals surface area contributed by atoms with Crippen LogP contribution >= 0.6 is 12.2 Å². The molecule has 0 spiro atoms. The van der Waals surface area contributed by atoms with Gasteiger partial charge in [0.15, 0.2) is 10.7 Å². The number of carbonyl (C=O) groups excluding carboxylic acids is 1. The van der Waals surface area contributed by atoms with Crippen LogP contribution in [0.5, 0.6) is 5.75 Å². The lowest BCUT2D eigenvalue weighted by Crippen LogP contribution is -2.34. The Bertz CT molecular complexity index is 1600. The summed E-state index contributed by atoms with van der Waals surface area (Å²) in [6, 6.07) is 30.6. The molecule has 0 aliphatic carbocycles. The van der Waals surface area contributed by atoms with Crippen LogP contribution in [0.4, 0.5) is 5.69 Å². The highest BCUT2D eigenvalue weighted by Crippen LogP contribution is 2.28. The van der Waals surface area contributed by atoms with E-state index in [1.54, 1.807) is 18.2 Å². The summed E-state index contributed by atoms with van der Waals surface area (Å²) in [5, 5.41) is 5.97. The highest BCUT2D eigenvalue weighted by atomic mass is 32.1. The Morgan fingerprint density at radius 2 is 1.77 bits per heavy atom. The van der Waals surface area contributed by atoms with Gasteiger partial charge in [-0.1, -0.05) is 56.3 Å². The Hall–Kier alpha value is -4.49. The second-order valence-corrected chi connectivity index (χ2v) is 9.75. The van der Waals surface area contributed by atoms with Gasteiger partial charge in [0.05, 0.1) is 0 Å². The van der Waals surface area contributed by atoms with Crippen molar-refractivity contribution in [2.75, 3.05) is 5.32 Å². The van der Waals surface area contributed by atoms with Crippen molar-refractivity contribution in [3.05, 3.63) is 114 Å². The number of nitrogens with one attached hydrogen (secondary N) is 2. The van der Waals surface area contributed by atoms with Crippen molar-refractivity contribution >= 4 is 40.0 Å². The minimum atomic E-state index is -0.322. The quantitative estimate of drug-likeness (QED) is 0.198. The predicted octanol–water partition coefficient (Wildman–Crippen LogP) is 7.71. The van der Waals surface area contributed by atoms with Crippen LogP contribution in [0.3, 0.4) is 0 Å². The van der Waals surface area contributed by atoms with Gasteiger partial charge in [-0.15, -0.1) is 0 Å². The molecule has 0 aliphatic heterocycles. The SMILES string of the molecule is CC[C@H](C)c1ccc2oc(-c3ccc(NC(=S)NC(=O)c4cccc(OCc5ccccc5)c4)cc3)nc2c1. The number of rotatable bonds is 8. The van der Waals surface area contributed by atoms with E-state index in [0.717, 1.165) is 34.3 Å². The van der Waals surface area contributed by atoms with Crippen LogP contribution in [0.15, 0.2) is 101 Å². The summed E-state index contributed by atoms with van der Waals surface area (Å²) < 4.78 is 11.8. The first-order valence-corrected chi connectivity index (χ1v) is 13.3. The second-order valence-electron chi connectivity index (χ2n) is 9.34. The van der Waals surface area contributed by atoms with Crippen LogP contribution < -0.4 is 15.4 Å². The largest absolute Gasteiger partial charge is 0.489 e. The number of nitrogens with zero attached hydrogens (tertiary/aromatic N) is 1. The summed E-state index contributed by atoms with van der Waals surface area (Å²) in [6.45, 7) is 4.81. The summed E-state index contributed by atoms with van der Waals surface area (Å²) in [5.74, 6) is 1.32. The maximum absolute atomic E-state index is 12.8. The van der Waals surface area contributed by atoms with Gasteiger partial charge in [-0.2, -0.15) is 0 Å². The number of ether oxygens (including phenoxy) is 1. The van der Waals surface area contributed by atoms with Crippen LogP contribution in [-0.4, -0.2) is 16.0 Å². The maximum Gasteiger partial charge on any atom is 0.257 e. The topological polar surface area (TPSA) is 76.4 Å². The van der Waals surface area contributed by atoms with E-state index >= 15 is 0 Å². The summed E-state index contributed by atoms with van der Waals surface area (Å²) in [6.07, 6.45) is 1.07. The summed E-state index contributed by atoms with van der Waals surface area (Å²) in [5.41, 5.74) is 5.96. The molecule has 0 bridgehead atoms. The number of fused-ring (bicyclic) bond motifs is 1. The summed E-state index contributed by atoms with van der Waals surface area (Å²) >= 11 is 5.37. The highest BCUT2D eigenvalue weighted by molar-refractivity contribution is 7.80. The zero-order valence-corrected chi connectivity index (χ0v) is 22.6. The van der Waals surface area contributed by atoms with Crippen molar-refractivity contribution in [3.8, 4) is 17.2 Å². The first-order valence-electron chi connectivity index (χ1n) is 12.9. The molecule has 196 valence electrons. The molecule has 0 radical (unpaired) electrons. The highest BCUT2D eigenvalue weighted by Gasteiger charge is 2.12. The molecule has 1 aromatic heterocycles. The van der Waals surface area contributed by atoms with Crippen molar-refractivity contribution in [1.82, 2.24) is 10.3 Å². The number of oxazole rings is 1. The lowest BCUT2D eigenvalue weighted by atomic mass is 9.98. The van der Waals surface area contributed by atoms with Gasteiger partial charge >= 0.3 is 0 Å². The van der Waals surface area contributed by atoms with Gasteiger partial charge in [-0.05, 0) is 90.3 Å². The van der Waals surface area contributed by atoms with Crippen molar-refractivity contribution in [2.45, 2.75) is 32.8 Å². The third-order valence-electron chi connectivity index (χ3n) is 6.55. The number of hydrogen-bond acceptors (Lipinski definition) is 5. The fourth-order valence-corrected chi connectivity index (χ4v) is 4.32. The molecule has 5 rings (SSSR count). The molecule has 0 fully saturated rings. The normalized spacial score (nSPS) is 11.6. The molecular weight excluding hydrogens is 506 g/mol. The number of hydrogen-bond donors (Lipinski definition) is 2.